The molecule has 0 radical (unpaired) electrons. The zero-order valence-corrected chi connectivity index (χ0v) is 11.7. The first-order valence-electron chi connectivity index (χ1n) is 6.61. The lowest BCUT2D eigenvalue weighted by molar-refractivity contribution is 0.341. The van der Waals surface area contributed by atoms with Crippen molar-refractivity contribution >= 4 is 5.69 Å². The van der Waals surface area contributed by atoms with Crippen molar-refractivity contribution in [2.24, 2.45) is 0 Å². The topological polar surface area (TPSA) is 34.1 Å². The van der Waals surface area contributed by atoms with Crippen LogP contribution in [0.15, 0.2) is 42.6 Å². The molecule has 0 fully saturated rings. The minimum absolute atomic E-state index is 0.142. The van der Waals surface area contributed by atoms with Gasteiger partial charge in [0.15, 0.2) is 0 Å². The third-order valence-corrected chi connectivity index (χ3v) is 2.94. The molecule has 0 saturated heterocycles. The van der Waals surface area contributed by atoms with E-state index in [4.69, 9.17) is 4.74 Å². The van der Waals surface area contributed by atoms with E-state index in [2.05, 4.69) is 42.3 Å². The van der Waals surface area contributed by atoms with Gasteiger partial charge >= 0.3 is 0 Å². The van der Waals surface area contributed by atoms with E-state index in [9.17, 15) is 0 Å². The van der Waals surface area contributed by atoms with Crippen molar-refractivity contribution in [3.8, 4) is 5.75 Å². The summed E-state index contributed by atoms with van der Waals surface area (Å²) in [4.78, 5) is 4.36. The number of benzene rings is 1. The van der Waals surface area contributed by atoms with Crippen LogP contribution in [0.4, 0.5) is 5.69 Å². The molecule has 0 aliphatic rings. The molecule has 1 heterocycles. The summed E-state index contributed by atoms with van der Waals surface area (Å²) in [6.45, 7) is 6.82. The molecule has 2 rings (SSSR count). The molecule has 0 spiro atoms. The van der Waals surface area contributed by atoms with Crippen molar-refractivity contribution in [2.75, 3.05) is 11.9 Å². The van der Waals surface area contributed by atoms with Gasteiger partial charge < -0.3 is 10.1 Å². The molecule has 100 valence electrons. The molecule has 1 unspecified atom stereocenters. The fourth-order valence-electron chi connectivity index (χ4n) is 1.96. The monoisotopic (exact) mass is 256 g/mol. The number of nitrogens with one attached hydrogen (secondary N) is 1. The summed E-state index contributed by atoms with van der Waals surface area (Å²) >= 11 is 0. The number of hydrogen-bond acceptors (Lipinski definition) is 3. The molecule has 19 heavy (non-hydrogen) atoms. The molecule has 1 N–H and O–H groups in total. The predicted molar refractivity (Wildman–Crippen MR) is 78.6 cm³/mol. The van der Waals surface area contributed by atoms with Gasteiger partial charge in [-0.1, -0.05) is 12.1 Å². The highest BCUT2D eigenvalue weighted by Crippen LogP contribution is 2.28. The second-order valence-corrected chi connectivity index (χ2v) is 4.55. The van der Waals surface area contributed by atoms with Crippen molar-refractivity contribution < 1.29 is 4.74 Å². The Morgan fingerprint density at radius 1 is 1.26 bits per heavy atom. The summed E-state index contributed by atoms with van der Waals surface area (Å²) < 4.78 is 5.67. The SMILES string of the molecule is CCOc1cc(C)ccc1NC(C)c1ccccn1. The fraction of sp³-hybridized carbons (Fsp3) is 0.312. The number of ether oxygens (including phenoxy) is 1. The van der Waals surface area contributed by atoms with Crippen molar-refractivity contribution in [3.63, 3.8) is 0 Å². The van der Waals surface area contributed by atoms with Gasteiger partial charge in [0, 0.05) is 6.20 Å². The number of aromatic nitrogens is 1. The molecule has 0 aliphatic heterocycles. The Hall–Kier alpha value is -2.03. The first-order valence-corrected chi connectivity index (χ1v) is 6.61. The summed E-state index contributed by atoms with van der Waals surface area (Å²) in [6.07, 6.45) is 1.81. The minimum Gasteiger partial charge on any atom is -0.492 e. The van der Waals surface area contributed by atoms with Crippen LogP contribution >= 0.6 is 0 Å². The van der Waals surface area contributed by atoms with E-state index >= 15 is 0 Å². The van der Waals surface area contributed by atoms with Gasteiger partial charge in [0.2, 0.25) is 0 Å². The highest BCUT2D eigenvalue weighted by atomic mass is 16.5. The average Bonchev–Trinajstić information content (AvgIpc) is 2.43. The molecule has 0 amide bonds. The maximum absolute atomic E-state index is 5.67. The number of rotatable bonds is 5. The Balaban J connectivity index is 2.18. The van der Waals surface area contributed by atoms with Gasteiger partial charge in [-0.05, 0) is 50.6 Å². The molecule has 2 aromatic rings. The molecule has 1 aromatic heterocycles. The van der Waals surface area contributed by atoms with Gasteiger partial charge in [-0.3, -0.25) is 4.98 Å². The van der Waals surface area contributed by atoms with Gasteiger partial charge in [0.1, 0.15) is 5.75 Å². The van der Waals surface area contributed by atoms with Crippen molar-refractivity contribution in [1.29, 1.82) is 0 Å². The minimum atomic E-state index is 0.142. The van der Waals surface area contributed by atoms with Crippen LogP contribution in [-0.2, 0) is 0 Å². The zero-order chi connectivity index (χ0) is 13.7. The van der Waals surface area contributed by atoms with Crippen molar-refractivity contribution in [1.82, 2.24) is 4.98 Å². The maximum atomic E-state index is 5.67. The maximum Gasteiger partial charge on any atom is 0.142 e. The van der Waals surface area contributed by atoms with Crippen molar-refractivity contribution in [2.45, 2.75) is 26.8 Å². The summed E-state index contributed by atoms with van der Waals surface area (Å²) in [6, 6.07) is 12.3. The number of pyridine rings is 1. The van der Waals surface area contributed by atoms with Crippen LogP contribution in [0.3, 0.4) is 0 Å². The first kappa shape index (κ1) is 13.4. The first-order chi connectivity index (χ1) is 9.20. The number of nitrogens with zero attached hydrogens (tertiary/aromatic N) is 1. The smallest absolute Gasteiger partial charge is 0.142 e. The van der Waals surface area contributed by atoms with Crippen LogP contribution < -0.4 is 10.1 Å². The molecule has 0 saturated carbocycles. The molecule has 3 nitrogen and oxygen atoms in total. The van der Waals surface area contributed by atoms with Gasteiger partial charge in [-0.25, -0.2) is 0 Å². The van der Waals surface area contributed by atoms with Gasteiger partial charge in [0.25, 0.3) is 0 Å². The third kappa shape index (κ3) is 3.47. The molecular weight excluding hydrogens is 236 g/mol. The van der Waals surface area contributed by atoms with E-state index in [1.54, 1.807) is 0 Å². The fourth-order valence-corrected chi connectivity index (χ4v) is 1.96. The highest BCUT2D eigenvalue weighted by molar-refractivity contribution is 5.58. The molecule has 3 heteroatoms. The van der Waals surface area contributed by atoms with Crippen LogP contribution in [-0.4, -0.2) is 11.6 Å². The molecule has 0 bridgehead atoms. The Bertz CT molecular complexity index is 526. The van der Waals surface area contributed by atoms with Crippen LogP contribution in [0.1, 0.15) is 31.1 Å². The van der Waals surface area contributed by atoms with Crippen molar-refractivity contribution in [3.05, 3.63) is 53.9 Å². The largest absolute Gasteiger partial charge is 0.492 e. The average molecular weight is 256 g/mol. The second-order valence-electron chi connectivity index (χ2n) is 4.55. The van der Waals surface area contributed by atoms with E-state index in [-0.39, 0.29) is 6.04 Å². The Morgan fingerprint density at radius 3 is 2.79 bits per heavy atom. The van der Waals surface area contributed by atoms with E-state index in [0.29, 0.717) is 6.61 Å². The Morgan fingerprint density at radius 2 is 2.11 bits per heavy atom. The number of aryl methyl sites for hydroxylation is 1. The van der Waals surface area contributed by atoms with E-state index in [1.807, 2.05) is 31.3 Å². The highest BCUT2D eigenvalue weighted by Gasteiger charge is 2.10. The molecule has 0 aliphatic carbocycles. The Labute approximate surface area is 114 Å². The van der Waals surface area contributed by atoms with Crippen LogP contribution in [0.5, 0.6) is 5.75 Å². The second kappa shape index (κ2) is 6.23. The summed E-state index contributed by atoms with van der Waals surface area (Å²) in [5, 5.41) is 3.45. The van der Waals surface area contributed by atoms with Crippen LogP contribution in [0.25, 0.3) is 0 Å². The molecular formula is C16H20N2O. The van der Waals surface area contributed by atoms with Crippen LogP contribution in [0.2, 0.25) is 0 Å². The van der Waals surface area contributed by atoms with E-state index < -0.39 is 0 Å². The lowest BCUT2D eigenvalue weighted by atomic mass is 10.1. The van der Waals surface area contributed by atoms with Gasteiger partial charge in [-0.15, -0.1) is 0 Å². The van der Waals surface area contributed by atoms with Gasteiger partial charge in [-0.2, -0.15) is 0 Å². The number of hydrogen-bond donors (Lipinski definition) is 1. The zero-order valence-electron chi connectivity index (χ0n) is 11.7. The standard InChI is InChI=1S/C16H20N2O/c1-4-19-16-11-12(2)8-9-15(16)18-13(3)14-7-5-6-10-17-14/h5-11,13,18H,4H2,1-3H3. The predicted octanol–water partition coefficient (Wildman–Crippen LogP) is 3.96. The van der Waals surface area contributed by atoms with Crippen LogP contribution in [0, 0.1) is 6.92 Å². The lowest BCUT2D eigenvalue weighted by Crippen LogP contribution is -2.09. The number of anilines is 1. The molecule has 1 atom stereocenters. The van der Waals surface area contributed by atoms with Gasteiger partial charge in [0.05, 0.1) is 24.0 Å². The summed E-state index contributed by atoms with van der Waals surface area (Å²) in [5.74, 6) is 0.894. The molecule has 1 aromatic carbocycles. The van der Waals surface area contributed by atoms with E-state index in [1.165, 1.54) is 5.56 Å². The summed E-state index contributed by atoms with van der Waals surface area (Å²) in [5.41, 5.74) is 3.22. The lowest BCUT2D eigenvalue weighted by Gasteiger charge is -2.18. The normalized spacial score (nSPS) is 11.9. The third-order valence-electron chi connectivity index (χ3n) is 2.94. The Kier molecular flexibility index (Phi) is 4.39. The quantitative estimate of drug-likeness (QED) is 0.879. The van der Waals surface area contributed by atoms with E-state index in [0.717, 1.165) is 17.1 Å². The summed E-state index contributed by atoms with van der Waals surface area (Å²) in [7, 11) is 0.